The van der Waals surface area contributed by atoms with Gasteiger partial charge in [0.05, 0.1) is 9.92 Å². The number of hydrogen-bond acceptors (Lipinski definition) is 6. The van der Waals surface area contributed by atoms with Gasteiger partial charge in [-0.1, -0.05) is 23.7 Å². The van der Waals surface area contributed by atoms with Crippen molar-refractivity contribution in [2.75, 3.05) is 13.1 Å². The Hall–Kier alpha value is -2.05. The number of nitrogens with one attached hydrogen (secondary N) is 1. The summed E-state index contributed by atoms with van der Waals surface area (Å²) in [5, 5.41) is 4.01. The van der Waals surface area contributed by atoms with E-state index in [0.29, 0.717) is 17.4 Å². The van der Waals surface area contributed by atoms with E-state index in [1.807, 2.05) is 0 Å². The van der Waals surface area contributed by atoms with Crippen LogP contribution in [-0.4, -0.2) is 33.6 Å². The zero-order valence-corrected chi connectivity index (χ0v) is 18.5. The molecule has 1 amide bonds. The SMILES string of the molecule is NC(=O)C(F)(F)F.O=S(=O)(Cl)c1ccc(C2CNCCc3c2cc2c(c3Cl)OOC2)cc1. The Bertz CT molecular complexity index is 1130. The van der Waals surface area contributed by atoms with Crippen molar-refractivity contribution in [2.45, 2.75) is 30.0 Å². The minimum Gasteiger partial charge on any atom is -0.362 e. The van der Waals surface area contributed by atoms with Crippen LogP contribution in [0.3, 0.4) is 0 Å². The third-order valence-electron chi connectivity index (χ3n) is 4.91. The van der Waals surface area contributed by atoms with E-state index in [0.717, 1.165) is 41.8 Å². The van der Waals surface area contributed by atoms with E-state index in [1.54, 1.807) is 12.1 Å². The fraction of sp³-hybridized carbons (Fsp3) is 0.316. The maximum atomic E-state index is 11.5. The molecule has 2 aliphatic rings. The highest BCUT2D eigenvalue weighted by molar-refractivity contribution is 8.13. The summed E-state index contributed by atoms with van der Waals surface area (Å²) in [5.41, 5.74) is 7.88. The third-order valence-corrected chi connectivity index (χ3v) is 6.68. The van der Waals surface area contributed by atoms with Gasteiger partial charge in [-0.2, -0.15) is 18.1 Å². The molecule has 0 spiro atoms. The van der Waals surface area contributed by atoms with E-state index < -0.39 is 21.1 Å². The second-order valence-corrected chi connectivity index (χ2v) is 9.91. The van der Waals surface area contributed by atoms with Crippen molar-refractivity contribution in [3.8, 4) is 5.75 Å². The lowest BCUT2D eigenvalue weighted by Crippen LogP contribution is -2.30. The topological polar surface area (TPSA) is 108 Å². The number of halogens is 5. The number of rotatable bonds is 2. The second-order valence-electron chi connectivity index (χ2n) is 6.97. The number of nitrogens with two attached hydrogens (primary N) is 1. The minimum absolute atomic E-state index is 0.0491. The quantitative estimate of drug-likeness (QED) is 0.471. The monoisotopic (exact) mass is 512 g/mol. The Morgan fingerprint density at radius 1 is 1.22 bits per heavy atom. The van der Waals surface area contributed by atoms with E-state index in [9.17, 15) is 21.6 Å². The van der Waals surface area contributed by atoms with Crippen LogP contribution in [0.4, 0.5) is 13.2 Å². The van der Waals surface area contributed by atoms with E-state index in [2.05, 4.69) is 17.1 Å². The van der Waals surface area contributed by atoms with Gasteiger partial charge in [-0.3, -0.25) is 4.79 Å². The molecule has 174 valence electrons. The molecule has 2 heterocycles. The first kappa shape index (κ1) is 24.6. The lowest BCUT2D eigenvalue weighted by molar-refractivity contribution is -0.194. The number of fused-ring (bicyclic) bond motifs is 2. The molecule has 7 nitrogen and oxygen atoms in total. The number of benzene rings is 2. The van der Waals surface area contributed by atoms with Crippen LogP contribution >= 0.6 is 22.3 Å². The van der Waals surface area contributed by atoms with Crippen molar-refractivity contribution in [3.63, 3.8) is 0 Å². The zero-order chi connectivity index (χ0) is 23.7. The van der Waals surface area contributed by atoms with Gasteiger partial charge in [0.1, 0.15) is 6.61 Å². The lowest BCUT2D eigenvalue weighted by atomic mass is 9.87. The van der Waals surface area contributed by atoms with Gasteiger partial charge in [-0.15, -0.1) is 0 Å². The van der Waals surface area contributed by atoms with Crippen LogP contribution in [0.25, 0.3) is 0 Å². The molecule has 3 N–H and O–H groups in total. The number of carbonyl (C=O) groups excluding carboxylic acids is 1. The van der Waals surface area contributed by atoms with Crippen LogP contribution in [0.15, 0.2) is 35.2 Å². The maximum absolute atomic E-state index is 11.5. The van der Waals surface area contributed by atoms with Gasteiger partial charge in [-0.05, 0) is 47.9 Å². The number of primary amides is 1. The summed E-state index contributed by atoms with van der Waals surface area (Å²) in [6.45, 7) is 1.90. The molecule has 0 bridgehead atoms. The van der Waals surface area contributed by atoms with Crippen LogP contribution in [0.2, 0.25) is 5.02 Å². The smallest absolute Gasteiger partial charge is 0.362 e. The van der Waals surface area contributed by atoms with Crippen molar-refractivity contribution in [2.24, 2.45) is 5.73 Å². The van der Waals surface area contributed by atoms with Crippen LogP contribution < -0.4 is 15.9 Å². The molecule has 0 fully saturated rings. The average molecular weight is 513 g/mol. The van der Waals surface area contributed by atoms with Crippen LogP contribution in [-0.2, 0) is 31.8 Å². The molecule has 0 aromatic heterocycles. The molecule has 2 aromatic carbocycles. The van der Waals surface area contributed by atoms with Crippen molar-refractivity contribution in [3.05, 3.63) is 57.6 Å². The molecule has 32 heavy (non-hydrogen) atoms. The Kier molecular flexibility index (Phi) is 7.25. The Morgan fingerprint density at radius 3 is 2.41 bits per heavy atom. The summed E-state index contributed by atoms with van der Waals surface area (Å²) >= 11 is 6.55. The Morgan fingerprint density at radius 2 is 1.84 bits per heavy atom. The molecule has 1 unspecified atom stereocenters. The predicted octanol–water partition coefficient (Wildman–Crippen LogP) is 3.40. The van der Waals surface area contributed by atoms with Gasteiger partial charge in [0.25, 0.3) is 9.05 Å². The van der Waals surface area contributed by atoms with Gasteiger partial charge in [0.15, 0.2) is 5.75 Å². The fourth-order valence-corrected chi connectivity index (χ4v) is 4.52. The van der Waals surface area contributed by atoms with E-state index in [1.165, 1.54) is 12.1 Å². The van der Waals surface area contributed by atoms with Gasteiger partial charge >= 0.3 is 12.1 Å². The van der Waals surface area contributed by atoms with Crippen molar-refractivity contribution in [1.29, 1.82) is 0 Å². The largest absolute Gasteiger partial charge is 0.470 e. The molecule has 13 heteroatoms. The normalized spacial score (nSPS) is 17.8. The van der Waals surface area contributed by atoms with Gasteiger partial charge in [-0.25, -0.2) is 8.42 Å². The molecule has 0 saturated heterocycles. The van der Waals surface area contributed by atoms with Gasteiger partial charge in [0.2, 0.25) is 0 Å². The first-order valence-corrected chi connectivity index (χ1v) is 11.8. The molecule has 0 aliphatic carbocycles. The number of carbonyl (C=O) groups is 1. The van der Waals surface area contributed by atoms with Crippen LogP contribution in [0, 0.1) is 0 Å². The first-order valence-electron chi connectivity index (χ1n) is 9.15. The fourth-order valence-electron chi connectivity index (χ4n) is 3.39. The summed E-state index contributed by atoms with van der Waals surface area (Å²) in [5.74, 6) is -1.61. The minimum atomic E-state index is -4.86. The van der Waals surface area contributed by atoms with Crippen LogP contribution in [0.5, 0.6) is 5.75 Å². The standard InChI is InChI=1S/C17H15Cl2NO4S.C2H2F3NO/c18-16-13-5-6-20-8-15(14(13)7-11-9-23-24-17(11)16)10-1-3-12(4-2-10)25(19,21)22;3-2(4,5)1(6)7/h1-4,7,15,20H,5-6,8-9H2;(H2,6,7). The predicted molar refractivity (Wildman–Crippen MR) is 110 cm³/mol. The molecule has 2 aliphatic heterocycles. The van der Waals surface area contributed by atoms with E-state index >= 15 is 0 Å². The maximum Gasteiger partial charge on any atom is 0.470 e. The number of hydrogen-bond donors (Lipinski definition) is 2. The van der Waals surface area contributed by atoms with Crippen molar-refractivity contribution in [1.82, 2.24) is 5.32 Å². The molecule has 2 aromatic rings. The van der Waals surface area contributed by atoms with Crippen molar-refractivity contribution >= 4 is 37.2 Å². The molecular weight excluding hydrogens is 496 g/mol. The average Bonchev–Trinajstić information content (AvgIpc) is 3.07. The highest BCUT2D eigenvalue weighted by Crippen LogP contribution is 2.43. The number of alkyl halides is 3. The summed E-state index contributed by atoms with van der Waals surface area (Å²) < 4.78 is 55.0. The van der Waals surface area contributed by atoms with Crippen molar-refractivity contribution < 1.29 is 36.2 Å². The van der Waals surface area contributed by atoms with E-state index in [-0.39, 0.29) is 10.8 Å². The number of amides is 1. The highest BCUT2D eigenvalue weighted by Gasteiger charge is 2.35. The summed E-state index contributed by atoms with van der Waals surface area (Å²) in [6.07, 6.45) is -4.07. The van der Waals surface area contributed by atoms with Gasteiger partial charge < -0.3 is 15.9 Å². The Balaban J connectivity index is 0.000000360. The third kappa shape index (κ3) is 5.46. The summed E-state index contributed by atoms with van der Waals surface area (Å²) in [6, 6.07) is 8.73. The summed E-state index contributed by atoms with van der Waals surface area (Å²) in [4.78, 5) is 19.5. The molecule has 0 saturated carbocycles. The van der Waals surface area contributed by atoms with Crippen LogP contribution in [0.1, 0.15) is 28.2 Å². The summed E-state index contributed by atoms with van der Waals surface area (Å²) in [7, 11) is 1.67. The first-order chi connectivity index (χ1) is 14.9. The van der Waals surface area contributed by atoms with E-state index in [4.69, 9.17) is 36.9 Å². The lowest BCUT2D eigenvalue weighted by Gasteiger charge is -2.20. The molecule has 4 rings (SSSR count). The Labute approximate surface area is 190 Å². The molecular formula is C19H17Cl2F3N2O5S. The zero-order valence-electron chi connectivity index (χ0n) is 16.2. The second kappa shape index (κ2) is 9.44. The highest BCUT2D eigenvalue weighted by atomic mass is 35.7. The molecule has 1 atom stereocenters. The van der Waals surface area contributed by atoms with Gasteiger partial charge in [0, 0.05) is 28.7 Å². The molecule has 0 radical (unpaired) electrons.